The zero-order valence-electron chi connectivity index (χ0n) is 22.4. The molecule has 7 nitrogen and oxygen atoms in total. The molecule has 2 amide bonds. The third-order valence-electron chi connectivity index (χ3n) is 6.88. The summed E-state index contributed by atoms with van der Waals surface area (Å²) in [6, 6.07) is 31.7. The highest BCUT2D eigenvalue weighted by molar-refractivity contribution is 5.89. The Balaban J connectivity index is 1.41. The number of benzene rings is 4. The van der Waals surface area contributed by atoms with E-state index in [4.69, 9.17) is 14.2 Å². The van der Waals surface area contributed by atoms with Gasteiger partial charge in [-0.05, 0) is 52.9 Å². The van der Waals surface area contributed by atoms with Crippen LogP contribution >= 0.6 is 0 Å². The van der Waals surface area contributed by atoms with Crippen LogP contribution in [0.1, 0.15) is 34.7 Å². The Labute approximate surface area is 234 Å². The van der Waals surface area contributed by atoms with Crippen LogP contribution in [0.25, 0.3) is 0 Å². The number of amides is 2. The second-order valence-electron chi connectivity index (χ2n) is 9.57. The van der Waals surface area contributed by atoms with Crippen LogP contribution in [0, 0.1) is 0 Å². The first-order chi connectivity index (χ1) is 19.6. The van der Waals surface area contributed by atoms with Gasteiger partial charge in [0.05, 0.1) is 7.11 Å². The summed E-state index contributed by atoms with van der Waals surface area (Å²) in [7, 11) is 1.62. The van der Waals surface area contributed by atoms with Gasteiger partial charge in [0.25, 0.3) is 0 Å². The number of hydrogen-bond donors (Lipinski definition) is 1. The minimum atomic E-state index is -0.819. The van der Waals surface area contributed by atoms with Gasteiger partial charge in [0.2, 0.25) is 18.6 Å². The third kappa shape index (κ3) is 6.61. The van der Waals surface area contributed by atoms with Crippen molar-refractivity contribution in [2.75, 3.05) is 13.9 Å². The van der Waals surface area contributed by atoms with Crippen molar-refractivity contribution < 1.29 is 23.8 Å². The van der Waals surface area contributed by atoms with Gasteiger partial charge in [-0.2, -0.15) is 0 Å². The Morgan fingerprint density at radius 3 is 2.23 bits per heavy atom. The number of nitrogens with one attached hydrogen (secondary N) is 1. The number of ether oxygens (including phenoxy) is 3. The fourth-order valence-corrected chi connectivity index (χ4v) is 4.74. The van der Waals surface area contributed by atoms with Crippen molar-refractivity contribution in [2.45, 2.75) is 32.0 Å². The van der Waals surface area contributed by atoms with E-state index < -0.39 is 6.04 Å². The molecule has 1 aliphatic heterocycles. The molecule has 5 rings (SSSR count). The van der Waals surface area contributed by atoms with Crippen LogP contribution in [-0.2, 0) is 29.1 Å². The topological polar surface area (TPSA) is 77.1 Å². The van der Waals surface area contributed by atoms with Crippen molar-refractivity contribution in [2.24, 2.45) is 0 Å². The summed E-state index contributed by atoms with van der Waals surface area (Å²) in [5.74, 6) is 1.71. The summed E-state index contributed by atoms with van der Waals surface area (Å²) in [6.45, 7) is 0.745. The van der Waals surface area contributed by atoms with Crippen LogP contribution in [0.5, 0.6) is 17.2 Å². The van der Waals surface area contributed by atoms with Crippen molar-refractivity contribution in [1.29, 1.82) is 0 Å². The fraction of sp³-hybridized carbons (Fsp3) is 0.212. The predicted octanol–water partition coefficient (Wildman–Crippen LogP) is 5.44. The van der Waals surface area contributed by atoms with Crippen LogP contribution in [0.15, 0.2) is 103 Å². The van der Waals surface area contributed by atoms with Gasteiger partial charge < -0.3 is 24.4 Å². The highest BCUT2D eigenvalue weighted by atomic mass is 16.7. The third-order valence-corrected chi connectivity index (χ3v) is 6.88. The molecule has 0 aliphatic carbocycles. The van der Waals surface area contributed by atoms with Crippen molar-refractivity contribution in [3.63, 3.8) is 0 Å². The number of aryl methyl sites for hydroxylation is 1. The van der Waals surface area contributed by atoms with E-state index in [1.54, 1.807) is 12.0 Å². The van der Waals surface area contributed by atoms with E-state index in [1.165, 1.54) is 0 Å². The molecule has 204 valence electrons. The average molecular weight is 537 g/mol. The second kappa shape index (κ2) is 12.8. The van der Waals surface area contributed by atoms with Crippen LogP contribution in [0.4, 0.5) is 0 Å². The number of carbonyl (C=O) groups is 2. The lowest BCUT2D eigenvalue weighted by Crippen LogP contribution is -2.43. The minimum Gasteiger partial charge on any atom is -0.497 e. The maximum Gasteiger partial charge on any atom is 0.247 e. The summed E-state index contributed by atoms with van der Waals surface area (Å²) in [6.07, 6.45) is 0.859. The van der Waals surface area contributed by atoms with Crippen molar-refractivity contribution in [3.8, 4) is 17.2 Å². The minimum absolute atomic E-state index is 0.105. The zero-order valence-corrected chi connectivity index (χ0v) is 22.4. The molecule has 0 spiro atoms. The smallest absolute Gasteiger partial charge is 0.247 e. The van der Waals surface area contributed by atoms with Gasteiger partial charge in [-0.1, -0.05) is 78.9 Å². The van der Waals surface area contributed by atoms with Crippen molar-refractivity contribution in [3.05, 3.63) is 125 Å². The Morgan fingerprint density at radius 1 is 0.825 bits per heavy atom. The van der Waals surface area contributed by atoms with Gasteiger partial charge in [-0.3, -0.25) is 9.59 Å². The lowest BCUT2D eigenvalue weighted by atomic mass is 10.0. The Kier molecular flexibility index (Phi) is 8.61. The Hall–Kier alpha value is -4.78. The predicted molar refractivity (Wildman–Crippen MR) is 152 cm³/mol. The summed E-state index contributed by atoms with van der Waals surface area (Å²) in [5.41, 5.74) is 3.59. The van der Waals surface area contributed by atoms with E-state index >= 15 is 0 Å². The molecule has 1 heterocycles. The van der Waals surface area contributed by atoms with Crippen LogP contribution < -0.4 is 19.5 Å². The summed E-state index contributed by atoms with van der Waals surface area (Å²) in [5, 5.41) is 3.05. The van der Waals surface area contributed by atoms with Gasteiger partial charge in [0, 0.05) is 19.5 Å². The summed E-state index contributed by atoms with van der Waals surface area (Å²) >= 11 is 0. The number of carbonyl (C=O) groups excluding carboxylic acids is 2. The van der Waals surface area contributed by atoms with Crippen LogP contribution in [0.2, 0.25) is 0 Å². The van der Waals surface area contributed by atoms with E-state index in [0.717, 1.165) is 28.0 Å². The van der Waals surface area contributed by atoms with E-state index in [2.05, 4.69) is 5.32 Å². The molecular formula is C33H32N2O5. The molecule has 1 N–H and O–H groups in total. The zero-order chi connectivity index (χ0) is 27.7. The molecule has 7 heteroatoms. The molecule has 0 bridgehead atoms. The quantitative estimate of drug-likeness (QED) is 0.276. The molecule has 4 aromatic carbocycles. The molecule has 0 saturated heterocycles. The van der Waals surface area contributed by atoms with Crippen LogP contribution in [-0.4, -0.2) is 30.6 Å². The monoisotopic (exact) mass is 536 g/mol. The van der Waals surface area contributed by atoms with Crippen molar-refractivity contribution >= 4 is 11.8 Å². The highest BCUT2D eigenvalue weighted by Crippen LogP contribution is 2.32. The molecule has 0 unspecified atom stereocenters. The number of hydrogen-bond acceptors (Lipinski definition) is 5. The van der Waals surface area contributed by atoms with Gasteiger partial charge in [-0.15, -0.1) is 0 Å². The molecular weight excluding hydrogens is 504 g/mol. The molecule has 0 fully saturated rings. The fourth-order valence-electron chi connectivity index (χ4n) is 4.74. The van der Waals surface area contributed by atoms with Crippen molar-refractivity contribution in [1.82, 2.24) is 10.2 Å². The lowest BCUT2D eigenvalue weighted by Gasteiger charge is -2.32. The van der Waals surface area contributed by atoms with E-state index in [9.17, 15) is 9.59 Å². The SMILES string of the molecule is COc1ccc(CN(C(=O)CCc2ccccc2)[C@@H](C(=O)NCc2ccc3c(c2)OCO3)c2ccccc2)cc1. The molecule has 0 aromatic heterocycles. The molecule has 4 aromatic rings. The Morgan fingerprint density at radius 2 is 1.50 bits per heavy atom. The number of methoxy groups -OCH3 is 1. The summed E-state index contributed by atoms with van der Waals surface area (Å²) in [4.78, 5) is 29.4. The van der Waals surface area contributed by atoms with Gasteiger partial charge >= 0.3 is 0 Å². The molecule has 0 radical (unpaired) electrons. The van der Waals surface area contributed by atoms with E-state index in [1.807, 2.05) is 103 Å². The first-order valence-corrected chi connectivity index (χ1v) is 13.3. The van der Waals surface area contributed by atoms with Gasteiger partial charge in [-0.25, -0.2) is 0 Å². The molecule has 1 aliphatic rings. The van der Waals surface area contributed by atoms with E-state index in [-0.39, 0.29) is 38.1 Å². The maximum absolute atomic E-state index is 13.9. The average Bonchev–Trinajstić information content (AvgIpc) is 3.48. The maximum atomic E-state index is 13.9. The number of fused-ring (bicyclic) bond motifs is 1. The summed E-state index contributed by atoms with van der Waals surface area (Å²) < 4.78 is 16.2. The lowest BCUT2D eigenvalue weighted by molar-refractivity contribution is -0.141. The van der Waals surface area contributed by atoms with Gasteiger partial charge in [0.1, 0.15) is 11.8 Å². The highest BCUT2D eigenvalue weighted by Gasteiger charge is 2.31. The molecule has 1 atom stereocenters. The number of nitrogens with zero attached hydrogens (tertiary/aromatic N) is 1. The standard InChI is InChI=1S/C33H32N2O5/c1-38-28-16-12-25(13-17-28)22-35(31(36)19-15-24-8-4-2-5-9-24)32(27-10-6-3-7-11-27)33(37)34-21-26-14-18-29-30(20-26)40-23-39-29/h2-14,16-18,20,32H,15,19,21-23H2,1H3,(H,34,37)/t32-/m1/s1. The van der Waals surface area contributed by atoms with Crippen LogP contribution in [0.3, 0.4) is 0 Å². The number of rotatable bonds is 11. The first-order valence-electron chi connectivity index (χ1n) is 13.3. The van der Waals surface area contributed by atoms with Gasteiger partial charge in [0.15, 0.2) is 11.5 Å². The largest absolute Gasteiger partial charge is 0.497 e. The second-order valence-corrected chi connectivity index (χ2v) is 9.57. The molecule has 0 saturated carbocycles. The first kappa shape index (κ1) is 26.8. The molecule has 40 heavy (non-hydrogen) atoms. The normalized spacial score (nSPS) is 12.4. The Bertz CT molecular complexity index is 1420. The van der Waals surface area contributed by atoms with E-state index in [0.29, 0.717) is 17.9 Å².